The minimum absolute atomic E-state index is 0.203. The number of pyridine rings is 1. The van der Waals surface area contributed by atoms with E-state index in [1.54, 1.807) is 6.07 Å². The van der Waals surface area contributed by atoms with E-state index >= 15 is 0 Å². The average Bonchev–Trinajstić information content (AvgIpc) is 3.11. The molecule has 0 atom stereocenters. The summed E-state index contributed by atoms with van der Waals surface area (Å²) in [7, 11) is 0. The maximum atomic E-state index is 10.4. The van der Waals surface area contributed by atoms with Crippen LogP contribution < -0.4 is 10.6 Å². The third-order valence-electron chi connectivity index (χ3n) is 5.74. The number of hydrogen-bond donors (Lipinski definition) is 3. The molecule has 0 saturated carbocycles. The Balaban J connectivity index is 1.66. The van der Waals surface area contributed by atoms with E-state index in [1.807, 2.05) is 13.0 Å². The summed E-state index contributed by atoms with van der Waals surface area (Å²) in [5, 5.41) is 17.4. The first-order chi connectivity index (χ1) is 15.9. The van der Waals surface area contributed by atoms with Crippen LogP contribution in [0.2, 0.25) is 0 Å². The number of unbranched alkanes of at least 4 members (excludes halogenated alkanes) is 1. The number of benzene rings is 2. The largest absolute Gasteiger partial charge is 0.506 e. The summed E-state index contributed by atoms with van der Waals surface area (Å²) in [5.74, 6) is 1.01. The van der Waals surface area contributed by atoms with Crippen LogP contribution >= 0.6 is 0 Å². The Morgan fingerprint density at radius 3 is 2.45 bits per heavy atom. The Kier molecular flexibility index (Phi) is 6.82. The van der Waals surface area contributed by atoms with Gasteiger partial charge in [0.15, 0.2) is 0 Å². The molecule has 6 heteroatoms. The van der Waals surface area contributed by atoms with Gasteiger partial charge in [0.05, 0.1) is 17.6 Å². The molecule has 0 aliphatic heterocycles. The van der Waals surface area contributed by atoms with Crippen molar-refractivity contribution in [3.05, 3.63) is 76.6 Å². The first-order valence-electron chi connectivity index (χ1n) is 11.6. The van der Waals surface area contributed by atoms with Gasteiger partial charge in [0.25, 0.3) is 0 Å². The fourth-order valence-electron chi connectivity index (χ4n) is 4.10. The lowest BCUT2D eigenvalue weighted by Crippen LogP contribution is -2.11. The number of nitrogens with one attached hydrogen (secondary N) is 2. The zero-order chi connectivity index (χ0) is 23.4. The number of rotatable bonds is 9. The lowest BCUT2D eigenvalue weighted by molar-refractivity contribution is 0.461. The number of aryl methyl sites for hydroxylation is 3. The van der Waals surface area contributed by atoms with E-state index in [0.717, 1.165) is 54.3 Å². The summed E-state index contributed by atoms with van der Waals surface area (Å²) in [5.41, 5.74) is 8.27. The van der Waals surface area contributed by atoms with Gasteiger partial charge in [-0.05, 0) is 80.3 Å². The summed E-state index contributed by atoms with van der Waals surface area (Å²) in [6.45, 7) is 10.4. The van der Waals surface area contributed by atoms with Gasteiger partial charge in [0.2, 0.25) is 5.95 Å². The van der Waals surface area contributed by atoms with E-state index < -0.39 is 0 Å². The second kappa shape index (κ2) is 9.94. The summed E-state index contributed by atoms with van der Waals surface area (Å²) >= 11 is 0. The molecule has 0 saturated heterocycles. The van der Waals surface area contributed by atoms with Crippen LogP contribution in [-0.4, -0.2) is 26.2 Å². The second-order valence-electron chi connectivity index (χ2n) is 8.77. The highest BCUT2D eigenvalue weighted by atomic mass is 16.3. The van der Waals surface area contributed by atoms with Crippen LogP contribution in [0.5, 0.6) is 5.75 Å². The molecule has 0 amide bonds. The number of fused-ring (bicyclic) bond motifs is 1. The number of aromatic hydroxyl groups is 1. The molecule has 0 unspecified atom stereocenters. The van der Waals surface area contributed by atoms with Gasteiger partial charge in [-0.1, -0.05) is 25.5 Å². The lowest BCUT2D eigenvalue weighted by atomic mass is 10.1. The Morgan fingerprint density at radius 2 is 1.70 bits per heavy atom. The van der Waals surface area contributed by atoms with Crippen molar-refractivity contribution in [2.75, 3.05) is 17.2 Å². The third-order valence-corrected chi connectivity index (χ3v) is 5.74. The SMILES string of the molecule is CCCCNc1nc2ccc(CNc3cc(C)cc(C)c3)cc2n1Cc1nc(C)ccc1O. The first kappa shape index (κ1) is 22.6. The van der Waals surface area contributed by atoms with Crippen LogP contribution in [0.4, 0.5) is 11.6 Å². The van der Waals surface area contributed by atoms with Crippen molar-refractivity contribution in [3.63, 3.8) is 0 Å². The van der Waals surface area contributed by atoms with Crippen molar-refractivity contribution in [2.45, 2.75) is 53.6 Å². The summed E-state index contributed by atoms with van der Waals surface area (Å²) in [6.07, 6.45) is 2.18. The first-order valence-corrected chi connectivity index (χ1v) is 11.6. The normalized spacial score (nSPS) is 11.2. The van der Waals surface area contributed by atoms with Gasteiger partial charge in [-0.25, -0.2) is 4.98 Å². The third kappa shape index (κ3) is 5.45. The van der Waals surface area contributed by atoms with Crippen LogP contribution in [0, 0.1) is 20.8 Å². The second-order valence-corrected chi connectivity index (χ2v) is 8.77. The topological polar surface area (TPSA) is 75.0 Å². The number of nitrogens with zero attached hydrogens (tertiary/aromatic N) is 3. The van der Waals surface area contributed by atoms with E-state index in [0.29, 0.717) is 12.2 Å². The predicted octanol–water partition coefficient (Wildman–Crippen LogP) is 5.93. The number of aromatic nitrogens is 3. The Bertz CT molecular complexity index is 1240. The molecule has 2 heterocycles. The molecule has 4 aromatic rings. The molecule has 2 aromatic heterocycles. The van der Waals surface area contributed by atoms with E-state index in [1.165, 1.54) is 16.7 Å². The molecule has 0 spiro atoms. The van der Waals surface area contributed by atoms with E-state index in [2.05, 4.69) is 77.4 Å². The number of anilines is 2. The van der Waals surface area contributed by atoms with E-state index in [9.17, 15) is 5.11 Å². The average molecular weight is 444 g/mol. The quantitative estimate of drug-likeness (QED) is 0.279. The van der Waals surface area contributed by atoms with Gasteiger partial charge in [-0.2, -0.15) is 0 Å². The van der Waals surface area contributed by atoms with Crippen LogP contribution in [0.15, 0.2) is 48.5 Å². The zero-order valence-electron chi connectivity index (χ0n) is 19.9. The standard InChI is InChI=1S/C27H33N5O/c1-5-6-11-28-27-31-23-9-8-21(16-29-22-13-18(2)12-19(3)14-22)15-25(23)32(27)17-24-26(33)10-7-20(4)30-24/h7-10,12-15,29,33H,5-6,11,16-17H2,1-4H3,(H,28,31). The number of hydrogen-bond acceptors (Lipinski definition) is 5. The molecule has 0 radical (unpaired) electrons. The number of imidazole rings is 1. The zero-order valence-corrected chi connectivity index (χ0v) is 19.9. The Labute approximate surface area is 195 Å². The van der Waals surface area contributed by atoms with E-state index in [-0.39, 0.29) is 5.75 Å². The Hall–Kier alpha value is -3.54. The molecule has 0 bridgehead atoms. The van der Waals surface area contributed by atoms with Crippen LogP contribution in [0.3, 0.4) is 0 Å². The molecule has 172 valence electrons. The molecule has 4 rings (SSSR count). The van der Waals surface area contributed by atoms with Crippen molar-refractivity contribution >= 4 is 22.7 Å². The minimum Gasteiger partial charge on any atom is -0.506 e. The van der Waals surface area contributed by atoms with Gasteiger partial charge >= 0.3 is 0 Å². The monoisotopic (exact) mass is 443 g/mol. The van der Waals surface area contributed by atoms with Crippen molar-refractivity contribution in [2.24, 2.45) is 0 Å². The predicted molar refractivity (Wildman–Crippen MR) is 136 cm³/mol. The Morgan fingerprint density at radius 1 is 0.909 bits per heavy atom. The van der Waals surface area contributed by atoms with Gasteiger partial charge in [-0.15, -0.1) is 0 Å². The van der Waals surface area contributed by atoms with Crippen LogP contribution in [0.25, 0.3) is 11.0 Å². The van der Waals surface area contributed by atoms with Crippen molar-refractivity contribution < 1.29 is 5.11 Å². The molecule has 33 heavy (non-hydrogen) atoms. The van der Waals surface area contributed by atoms with Crippen LogP contribution in [-0.2, 0) is 13.1 Å². The van der Waals surface area contributed by atoms with Crippen molar-refractivity contribution in [1.82, 2.24) is 14.5 Å². The summed E-state index contributed by atoms with van der Waals surface area (Å²) < 4.78 is 2.12. The highest BCUT2D eigenvalue weighted by Crippen LogP contribution is 2.26. The van der Waals surface area contributed by atoms with Crippen molar-refractivity contribution in [1.29, 1.82) is 0 Å². The maximum Gasteiger partial charge on any atom is 0.204 e. The molecule has 6 nitrogen and oxygen atoms in total. The minimum atomic E-state index is 0.203. The van der Waals surface area contributed by atoms with Crippen LogP contribution in [0.1, 0.15) is 47.8 Å². The fourth-order valence-corrected chi connectivity index (χ4v) is 4.10. The molecule has 0 aliphatic carbocycles. The highest BCUT2D eigenvalue weighted by Gasteiger charge is 2.14. The van der Waals surface area contributed by atoms with Crippen molar-refractivity contribution in [3.8, 4) is 5.75 Å². The summed E-state index contributed by atoms with van der Waals surface area (Å²) in [4.78, 5) is 9.41. The molecular weight excluding hydrogens is 410 g/mol. The molecule has 0 aliphatic rings. The molecule has 0 fully saturated rings. The molecule has 3 N–H and O–H groups in total. The smallest absolute Gasteiger partial charge is 0.204 e. The van der Waals surface area contributed by atoms with Gasteiger partial charge < -0.3 is 20.3 Å². The van der Waals surface area contributed by atoms with E-state index in [4.69, 9.17) is 4.98 Å². The van der Waals surface area contributed by atoms with Gasteiger partial charge in [-0.3, -0.25) is 4.98 Å². The lowest BCUT2D eigenvalue weighted by Gasteiger charge is -2.13. The van der Waals surface area contributed by atoms with Gasteiger partial charge in [0, 0.05) is 24.5 Å². The molecular formula is C27H33N5O. The summed E-state index contributed by atoms with van der Waals surface area (Å²) in [6, 6.07) is 16.4. The highest BCUT2D eigenvalue weighted by molar-refractivity contribution is 5.80. The molecule has 2 aromatic carbocycles. The van der Waals surface area contributed by atoms with Gasteiger partial charge in [0.1, 0.15) is 11.4 Å². The fraction of sp³-hybridized carbons (Fsp3) is 0.333. The maximum absolute atomic E-state index is 10.4.